The Morgan fingerprint density at radius 3 is 2.70 bits per heavy atom. The van der Waals surface area contributed by atoms with Gasteiger partial charge in [0.1, 0.15) is 5.69 Å². The molecule has 0 fully saturated rings. The maximum atomic E-state index is 11.5. The van der Waals surface area contributed by atoms with Gasteiger partial charge in [0.2, 0.25) is 0 Å². The number of hydrogen-bond acceptors (Lipinski definition) is 3. The van der Waals surface area contributed by atoms with Crippen molar-refractivity contribution in [3.05, 3.63) is 52.6 Å². The summed E-state index contributed by atoms with van der Waals surface area (Å²) in [6.07, 6.45) is 0. The van der Waals surface area contributed by atoms with Crippen LogP contribution in [0.15, 0.2) is 46.9 Å². The van der Waals surface area contributed by atoms with Gasteiger partial charge in [0, 0.05) is 10.0 Å². The van der Waals surface area contributed by atoms with Gasteiger partial charge >= 0.3 is 5.97 Å². The first kappa shape index (κ1) is 12.9. The third-order valence-electron chi connectivity index (χ3n) is 3.13. The fourth-order valence-electron chi connectivity index (χ4n) is 2.16. The smallest absolute Gasteiger partial charge is 0.356 e. The molecule has 1 heterocycles. The standard InChI is InChI=1S/C15H11BrN2O2/c1-20-15(19)14-8-13(17-18-14)11-6-7-12(16)10-5-3-2-4-9(10)11/h2-8H,1H3,(H,17,18). The fraction of sp³-hybridized carbons (Fsp3) is 0.0667. The first-order chi connectivity index (χ1) is 9.70. The molecule has 0 aliphatic rings. The van der Waals surface area contributed by atoms with E-state index >= 15 is 0 Å². The van der Waals surface area contributed by atoms with Crippen molar-refractivity contribution in [1.82, 2.24) is 10.2 Å². The number of aromatic amines is 1. The Morgan fingerprint density at radius 1 is 1.20 bits per heavy atom. The van der Waals surface area contributed by atoms with Crippen molar-refractivity contribution in [3.8, 4) is 11.3 Å². The van der Waals surface area contributed by atoms with Crippen molar-refractivity contribution in [2.45, 2.75) is 0 Å². The second-order valence-electron chi connectivity index (χ2n) is 4.30. The zero-order valence-electron chi connectivity index (χ0n) is 10.7. The van der Waals surface area contributed by atoms with E-state index in [4.69, 9.17) is 0 Å². The molecule has 1 N–H and O–H groups in total. The lowest BCUT2D eigenvalue weighted by Crippen LogP contribution is -2.00. The molecule has 0 aliphatic heterocycles. The summed E-state index contributed by atoms with van der Waals surface area (Å²) in [5.74, 6) is -0.426. The molecule has 0 bridgehead atoms. The highest BCUT2D eigenvalue weighted by atomic mass is 79.9. The maximum Gasteiger partial charge on any atom is 0.356 e. The maximum absolute atomic E-state index is 11.5. The van der Waals surface area contributed by atoms with E-state index in [0.29, 0.717) is 11.4 Å². The van der Waals surface area contributed by atoms with Crippen LogP contribution < -0.4 is 0 Å². The molecule has 100 valence electrons. The Hall–Kier alpha value is -2.14. The van der Waals surface area contributed by atoms with Gasteiger partial charge in [0.25, 0.3) is 0 Å². The van der Waals surface area contributed by atoms with Gasteiger partial charge in [-0.05, 0) is 22.9 Å². The molecule has 0 amide bonds. The summed E-state index contributed by atoms with van der Waals surface area (Å²) in [5, 5.41) is 9.07. The first-order valence-corrected chi connectivity index (χ1v) is 6.81. The topological polar surface area (TPSA) is 55.0 Å². The van der Waals surface area contributed by atoms with E-state index < -0.39 is 5.97 Å². The van der Waals surface area contributed by atoms with Crippen molar-refractivity contribution >= 4 is 32.7 Å². The van der Waals surface area contributed by atoms with Crippen molar-refractivity contribution in [2.75, 3.05) is 7.11 Å². The van der Waals surface area contributed by atoms with Gasteiger partial charge in [-0.25, -0.2) is 4.79 Å². The highest BCUT2D eigenvalue weighted by molar-refractivity contribution is 9.10. The molecule has 0 saturated heterocycles. The monoisotopic (exact) mass is 330 g/mol. The average molecular weight is 331 g/mol. The van der Waals surface area contributed by atoms with Gasteiger partial charge in [0.05, 0.1) is 12.8 Å². The zero-order chi connectivity index (χ0) is 14.1. The third kappa shape index (κ3) is 2.10. The fourth-order valence-corrected chi connectivity index (χ4v) is 2.64. The highest BCUT2D eigenvalue weighted by Crippen LogP contribution is 2.32. The number of nitrogens with zero attached hydrogens (tertiary/aromatic N) is 1. The normalized spacial score (nSPS) is 10.7. The SMILES string of the molecule is COC(=O)c1cc(-c2ccc(Br)c3ccccc23)n[nH]1. The Morgan fingerprint density at radius 2 is 1.95 bits per heavy atom. The van der Waals surface area contributed by atoms with Crippen LogP contribution in [0.4, 0.5) is 0 Å². The molecule has 20 heavy (non-hydrogen) atoms. The van der Waals surface area contributed by atoms with Gasteiger partial charge in [0.15, 0.2) is 0 Å². The van der Waals surface area contributed by atoms with Crippen LogP contribution >= 0.6 is 15.9 Å². The molecule has 3 rings (SSSR count). The largest absolute Gasteiger partial charge is 0.464 e. The quantitative estimate of drug-likeness (QED) is 0.727. The summed E-state index contributed by atoms with van der Waals surface area (Å²) in [5.41, 5.74) is 2.03. The molecule has 0 aliphatic carbocycles. The molecular formula is C15H11BrN2O2. The molecule has 0 spiro atoms. The lowest BCUT2D eigenvalue weighted by molar-refractivity contribution is 0.0594. The minimum absolute atomic E-state index is 0.342. The van der Waals surface area contributed by atoms with Crippen LogP contribution in [-0.2, 0) is 4.74 Å². The van der Waals surface area contributed by atoms with E-state index in [2.05, 4.69) is 30.9 Å². The van der Waals surface area contributed by atoms with E-state index in [9.17, 15) is 4.79 Å². The van der Waals surface area contributed by atoms with Crippen LogP contribution in [0.5, 0.6) is 0 Å². The number of carbonyl (C=O) groups excluding carboxylic acids is 1. The van der Waals surface area contributed by atoms with E-state index in [1.54, 1.807) is 6.07 Å². The zero-order valence-corrected chi connectivity index (χ0v) is 12.3. The van der Waals surface area contributed by atoms with Crippen LogP contribution in [-0.4, -0.2) is 23.3 Å². The van der Waals surface area contributed by atoms with E-state index in [1.165, 1.54) is 7.11 Å². The summed E-state index contributed by atoms with van der Waals surface area (Å²) < 4.78 is 5.70. The van der Waals surface area contributed by atoms with Gasteiger partial charge in [-0.1, -0.05) is 46.3 Å². The number of H-pyrrole nitrogens is 1. The Kier molecular flexibility index (Phi) is 3.28. The molecule has 0 saturated carbocycles. The average Bonchev–Trinajstić information content (AvgIpc) is 2.97. The summed E-state index contributed by atoms with van der Waals surface area (Å²) in [6.45, 7) is 0. The number of aromatic nitrogens is 2. The van der Waals surface area contributed by atoms with Crippen LogP contribution in [0.1, 0.15) is 10.5 Å². The second-order valence-corrected chi connectivity index (χ2v) is 5.15. The third-order valence-corrected chi connectivity index (χ3v) is 3.82. The number of halogens is 1. The minimum atomic E-state index is -0.426. The summed E-state index contributed by atoms with van der Waals surface area (Å²) in [7, 11) is 1.35. The Balaban J connectivity index is 2.17. The molecule has 1 aromatic heterocycles. The van der Waals surface area contributed by atoms with E-state index in [0.717, 1.165) is 20.8 Å². The molecule has 4 nitrogen and oxygen atoms in total. The highest BCUT2D eigenvalue weighted by Gasteiger charge is 2.13. The molecule has 0 atom stereocenters. The van der Waals surface area contributed by atoms with Crippen molar-refractivity contribution < 1.29 is 9.53 Å². The molecule has 0 radical (unpaired) electrons. The number of fused-ring (bicyclic) bond motifs is 1. The molecule has 3 aromatic rings. The van der Waals surface area contributed by atoms with Crippen LogP contribution in [0.25, 0.3) is 22.0 Å². The number of nitrogens with one attached hydrogen (secondary N) is 1. The Bertz CT molecular complexity index is 795. The van der Waals surface area contributed by atoms with E-state index in [1.807, 2.05) is 36.4 Å². The molecule has 5 heteroatoms. The number of hydrogen-bond donors (Lipinski definition) is 1. The lowest BCUT2D eigenvalue weighted by atomic mass is 10.0. The molecular weight excluding hydrogens is 320 g/mol. The number of benzene rings is 2. The summed E-state index contributed by atoms with van der Waals surface area (Å²) >= 11 is 3.54. The number of esters is 1. The number of rotatable bonds is 2. The van der Waals surface area contributed by atoms with Crippen LogP contribution in [0, 0.1) is 0 Å². The summed E-state index contributed by atoms with van der Waals surface area (Å²) in [6, 6.07) is 13.7. The van der Waals surface area contributed by atoms with Crippen molar-refractivity contribution in [1.29, 1.82) is 0 Å². The lowest BCUT2D eigenvalue weighted by Gasteiger charge is -2.05. The number of ether oxygens (including phenoxy) is 1. The van der Waals surface area contributed by atoms with Gasteiger partial charge in [-0.2, -0.15) is 5.10 Å². The predicted octanol–water partition coefficient (Wildman–Crippen LogP) is 3.78. The van der Waals surface area contributed by atoms with Gasteiger partial charge in [-0.15, -0.1) is 0 Å². The van der Waals surface area contributed by atoms with Crippen LogP contribution in [0.3, 0.4) is 0 Å². The summed E-state index contributed by atoms with van der Waals surface area (Å²) in [4.78, 5) is 11.5. The number of methoxy groups -OCH3 is 1. The second kappa shape index (κ2) is 5.09. The van der Waals surface area contributed by atoms with Crippen molar-refractivity contribution in [2.24, 2.45) is 0 Å². The minimum Gasteiger partial charge on any atom is -0.464 e. The number of carbonyl (C=O) groups is 1. The Labute approximate surface area is 123 Å². The molecule has 2 aromatic carbocycles. The van der Waals surface area contributed by atoms with Crippen LogP contribution in [0.2, 0.25) is 0 Å². The van der Waals surface area contributed by atoms with E-state index in [-0.39, 0.29) is 0 Å². The van der Waals surface area contributed by atoms with Crippen molar-refractivity contribution in [3.63, 3.8) is 0 Å². The van der Waals surface area contributed by atoms with Gasteiger partial charge < -0.3 is 4.74 Å². The van der Waals surface area contributed by atoms with Gasteiger partial charge in [-0.3, -0.25) is 5.10 Å². The predicted molar refractivity (Wildman–Crippen MR) is 80.6 cm³/mol. The first-order valence-electron chi connectivity index (χ1n) is 6.02. The molecule has 0 unspecified atom stereocenters.